The molecule has 0 aliphatic carbocycles. The van der Waals surface area contributed by atoms with Gasteiger partial charge in [-0.1, -0.05) is 103 Å². The highest BCUT2D eigenvalue weighted by atomic mass is 32.2. The minimum absolute atomic E-state index is 0.112. The summed E-state index contributed by atoms with van der Waals surface area (Å²) < 4.78 is 29.7. The van der Waals surface area contributed by atoms with Gasteiger partial charge >= 0.3 is 0 Å². The molecule has 7 heteroatoms. The Kier molecular flexibility index (Phi) is 7.54. The Balaban J connectivity index is 1.64. The fourth-order valence-electron chi connectivity index (χ4n) is 4.46. The summed E-state index contributed by atoms with van der Waals surface area (Å²) in [6, 6.07) is 38.4. The average Bonchev–Trinajstić information content (AvgIpc) is 2.99. The van der Waals surface area contributed by atoms with Gasteiger partial charge in [0.2, 0.25) is 0 Å². The van der Waals surface area contributed by atoms with Gasteiger partial charge in [0.1, 0.15) is 0 Å². The fraction of sp³-hybridized carbons (Fsp3) is 0.0312. The molecular weight excluding hydrogens is 508 g/mol. The first-order chi connectivity index (χ1) is 19.0. The Hall–Kier alpha value is -4.72. The summed E-state index contributed by atoms with van der Waals surface area (Å²) in [6.45, 7) is 0.112. The lowest BCUT2D eigenvalue weighted by Crippen LogP contribution is -2.30. The molecule has 5 aromatic rings. The van der Waals surface area contributed by atoms with Crippen molar-refractivity contribution in [2.45, 2.75) is 11.4 Å². The molecule has 0 spiro atoms. The van der Waals surface area contributed by atoms with Gasteiger partial charge in [0.15, 0.2) is 0 Å². The molecule has 0 unspecified atom stereocenters. The van der Waals surface area contributed by atoms with E-state index in [1.54, 1.807) is 41.9 Å². The molecule has 0 saturated heterocycles. The van der Waals surface area contributed by atoms with Crippen LogP contribution in [0.3, 0.4) is 0 Å². The number of hydrogen-bond acceptors (Lipinski definition) is 4. The first-order valence-electron chi connectivity index (χ1n) is 12.3. The zero-order chi connectivity index (χ0) is 27.2. The number of rotatable bonds is 8. The number of nitrogens with zero attached hydrogens (tertiary/aromatic N) is 1. The van der Waals surface area contributed by atoms with Gasteiger partial charge in [-0.15, -0.1) is 0 Å². The van der Waals surface area contributed by atoms with E-state index in [-0.39, 0.29) is 11.4 Å². The number of carbonyl (C=O) groups is 1. The van der Waals surface area contributed by atoms with Gasteiger partial charge in [0.05, 0.1) is 17.1 Å². The van der Waals surface area contributed by atoms with Gasteiger partial charge in [-0.2, -0.15) is 0 Å². The number of fused-ring (bicyclic) bond motifs is 1. The van der Waals surface area contributed by atoms with Crippen LogP contribution in [0.1, 0.15) is 16.7 Å². The molecule has 0 aliphatic rings. The molecule has 39 heavy (non-hydrogen) atoms. The van der Waals surface area contributed by atoms with Gasteiger partial charge in [0, 0.05) is 6.08 Å². The zero-order valence-electron chi connectivity index (χ0n) is 20.9. The van der Waals surface area contributed by atoms with Crippen LogP contribution in [-0.2, 0) is 21.4 Å². The van der Waals surface area contributed by atoms with Crippen LogP contribution < -0.4 is 9.79 Å². The molecule has 194 valence electrons. The van der Waals surface area contributed by atoms with Crippen molar-refractivity contribution in [1.29, 1.82) is 0 Å². The van der Waals surface area contributed by atoms with Crippen molar-refractivity contribution in [3.05, 3.63) is 150 Å². The lowest BCUT2D eigenvalue weighted by atomic mass is 9.97. The van der Waals surface area contributed by atoms with E-state index in [1.165, 1.54) is 10.4 Å². The van der Waals surface area contributed by atoms with Crippen LogP contribution in [0.15, 0.2) is 138 Å². The van der Waals surface area contributed by atoms with E-state index in [9.17, 15) is 13.2 Å². The highest BCUT2D eigenvalue weighted by Gasteiger charge is 2.26. The first-order valence-corrected chi connectivity index (χ1v) is 13.8. The van der Waals surface area contributed by atoms with E-state index < -0.39 is 15.9 Å². The Bertz CT molecular complexity index is 1750. The molecular formula is C32H26N2O4S. The third-order valence-electron chi connectivity index (χ3n) is 6.39. The molecule has 0 bridgehead atoms. The third-order valence-corrected chi connectivity index (χ3v) is 8.16. The quantitative estimate of drug-likeness (QED) is 0.142. The van der Waals surface area contributed by atoms with Gasteiger partial charge in [-0.05, 0) is 57.3 Å². The number of hydroxylamine groups is 1. The maximum absolute atomic E-state index is 14.2. The van der Waals surface area contributed by atoms with Gasteiger partial charge in [-0.3, -0.25) is 14.3 Å². The minimum atomic E-state index is -3.98. The number of amides is 1. The summed E-state index contributed by atoms with van der Waals surface area (Å²) in [4.78, 5) is 12.3. The molecule has 5 rings (SSSR count). The molecule has 2 N–H and O–H groups in total. The Labute approximate surface area is 227 Å². The normalized spacial score (nSPS) is 11.8. The number of nitrogens with one attached hydrogen (secondary N) is 1. The summed E-state index contributed by atoms with van der Waals surface area (Å²) in [5.41, 5.74) is 4.80. The molecule has 0 fully saturated rings. The van der Waals surface area contributed by atoms with Crippen molar-refractivity contribution in [3.63, 3.8) is 0 Å². The van der Waals surface area contributed by atoms with E-state index in [2.05, 4.69) is 0 Å². The number of sulfonamides is 1. The summed E-state index contributed by atoms with van der Waals surface area (Å²) >= 11 is 0. The standard InChI is InChI=1S/C32H26N2O4S/c35-32(33-36)22-31(26-13-5-2-6-14-26)28-16-9-17-29(20-28)34(23-24-10-3-1-4-11-24)39(37,38)30-19-18-25-12-7-8-15-27(25)21-30/h1-22,36H,23H2,(H,33,35). The molecule has 0 atom stereocenters. The van der Waals surface area contributed by atoms with Crippen LogP contribution >= 0.6 is 0 Å². The van der Waals surface area contributed by atoms with E-state index in [4.69, 9.17) is 5.21 Å². The molecule has 0 radical (unpaired) electrons. The second-order valence-corrected chi connectivity index (χ2v) is 10.8. The maximum Gasteiger partial charge on any atom is 0.267 e. The predicted octanol–water partition coefficient (Wildman–Crippen LogP) is 6.17. The largest absolute Gasteiger partial charge is 0.288 e. The summed E-state index contributed by atoms with van der Waals surface area (Å²) in [7, 11) is -3.98. The summed E-state index contributed by atoms with van der Waals surface area (Å²) in [5, 5.41) is 10.9. The van der Waals surface area contributed by atoms with Crippen LogP contribution in [0.25, 0.3) is 16.3 Å². The molecule has 0 heterocycles. The van der Waals surface area contributed by atoms with E-state index >= 15 is 0 Å². The number of benzene rings is 5. The minimum Gasteiger partial charge on any atom is -0.288 e. The van der Waals surface area contributed by atoms with Crippen molar-refractivity contribution in [1.82, 2.24) is 5.48 Å². The van der Waals surface area contributed by atoms with Gasteiger partial charge in [-0.25, -0.2) is 13.9 Å². The van der Waals surface area contributed by atoms with Gasteiger partial charge in [0.25, 0.3) is 15.9 Å². The van der Waals surface area contributed by atoms with Crippen molar-refractivity contribution < 1.29 is 18.4 Å². The predicted molar refractivity (Wildman–Crippen MR) is 154 cm³/mol. The third kappa shape index (κ3) is 5.75. The summed E-state index contributed by atoms with van der Waals surface area (Å²) in [6.07, 6.45) is 1.29. The lowest BCUT2D eigenvalue weighted by molar-refractivity contribution is -0.124. The fourth-order valence-corrected chi connectivity index (χ4v) is 5.94. The summed E-state index contributed by atoms with van der Waals surface area (Å²) in [5.74, 6) is -0.691. The Morgan fingerprint density at radius 3 is 2.08 bits per heavy atom. The number of anilines is 1. The highest BCUT2D eigenvalue weighted by molar-refractivity contribution is 7.92. The van der Waals surface area contributed by atoms with Crippen LogP contribution in [0.4, 0.5) is 5.69 Å². The number of hydrogen-bond donors (Lipinski definition) is 2. The van der Waals surface area contributed by atoms with Crippen molar-refractivity contribution in [2.75, 3.05) is 4.31 Å². The second-order valence-electron chi connectivity index (χ2n) is 8.96. The zero-order valence-corrected chi connectivity index (χ0v) is 21.8. The van der Waals surface area contributed by atoms with Crippen molar-refractivity contribution in [3.8, 4) is 0 Å². The molecule has 6 nitrogen and oxygen atoms in total. The second kappa shape index (κ2) is 11.3. The van der Waals surface area contributed by atoms with Crippen molar-refractivity contribution >= 4 is 38.0 Å². The monoisotopic (exact) mass is 534 g/mol. The first kappa shape index (κ1) is 25.9. The molecule has 1 amide bonds. The van der Waals surface area contributed by atoms with E-state index in [0.29, 0.717) is 16.8 Å². The SMILES string of the molecule is O=C(C=C(c1ccccc1)c1cccc(N(Cc2ccccc2)S(=O)(=O)c2ccc3ccccc3c2)c1)NO. The topological polar surface area (TPSA) is 86.7 Å². The van der Waals surface area contributed by atoms with Crippen LogP contribution in [-0.4, -0.2) is 19.5 Å². The Morgan fingerprint density at radius 1 is 0.718 bits per heavy atom. The Morgan fingerprint density at radius 2 is 1.36 bits per heavy atom. The van der Waals surface area contributed by atoms with Crippen LogP contribution in [0.5, 0.6) is 0 Å². The highest BCUT2D eigenvalue weighted by Crippen LogP contribution is 2.32. The molecule has 0 aliphatic heterocycles. The van der Waals surface area contributed by atoms with Crippen LogP contribution in [0.2, 0.25) is 0 Å². The van der Waals surface area contributed by atoms with Crippen LogP contribution in [0, 0.1) is 0 Å². The van der Waals surface area contributed by atoms with E-state index in [0.717, 1.165) is 21.9 Å². The van der Waals surface area contributed by atoms with E-state index in [1.807, 2.05) is 91.0 Å². The lowest BCUT2D eigenvalue weighted by Gasteiger charge is -2.26. The molecule has 0 saturated carbocycles. The van der Waals surface area contributed by atoms with Crippen molar-refractivity contribution in [2.24, 2.45) is 0 Å². The smallest absolute Gasteiger partial charge is 0.267 e. The maximum atomic E-state index is 14.2. The average molecular weight is 535 g/mol. The molecule has 5 aromatic carbocycles. The molecule has 0 aromatic heterocycles. The number of carbonyl (C=O) groups excluding carboxylic acids is 1. The van der Waals surface area contributed by atoms with Gasteiger partial charge < -0.3 is 0 Å².